The van der Waals surface area contributed by atoms with Gasteiger partial charge in [0, 0.05) is 13.1 Å². The van der Waals surface area contributed by atoms with Crippen molar-refractivity contribution in [3.8, 4) is 6.07 Å². The quantitative estimate of drug-likeness (QED) is 0.493. The molecule has 0 bridgehead atoms. The van der Waals surface area contributed by atoms with Crippen LogP contribution in [0.5, 0.6) is 0 Å². The molecule has 2 amide bonds. The predicted octanol–water partition coefficient (Wildman–Crippen LogP) is -0.240. The molecular formula is C8H12ClN3O2. The molecule has 0 rings (SSSR count). The van der Waals surface area contributed by atoms with Crippen molar-refractivity contribution in [2.45, 2.75) is 18.7 Å². The minimum atomic E-state index is -0.579. The first kappa shape index (κ1) is 12.7. The summed E-state index contributed by atoms with van der Waals surface area (Å²) >= 11 is 5.48. The van der Waals surface area contributed by atoms with Gasteiger partial charge in [0.2, 0.25) is 11.8 Å². The molecule has 1 atom stereocenters. The fraction of sp³-hybridized carbons (Fsp3) is 0.625. The number of halogens is 1. The molecule has 0 aliphatic heterocycles. The van der Waals surface area contributed by atoms with Crippen molar-refractivity contribution in [1.82, 2.24) is 10.6 Å². The number of nitrogens with one attached hydrogen (secondary N) is 2. The Morgan fingerprint density at radius 2 is 2.00 bits per heavy atom. The number of carbonyl (C=O) groups is 2. The van der Waals surface area contributed by atoms with Gasteiger partial charge in [0.1, 0.15) is 11.8 Å². The van der Waals surface area contributed by atoms with Crippen molar-refractivity contribution in [2.75, 3.05) is 13.1 Å². The summed E-state index contributed by atoms with van der Waals surface area (Å²) in [6, 6.07) is 1.71. The van der Waals surface area contributed by atoms with E-state index in [0.717, 1.165) is 0 Å². The molecule has 0 aromatic carbocycles. The Bertz CT molecular complexity index is 247. The van der Waals surface area contributed by atoms with Gasteiger partial charge in [0.25, 0.3) is 0 Å². The molecule has 0 saturated heterocycles. The van der Waals surface area contributed by atoms with Gasteiger partial charge in [-0.1, -0.05) is 0 Å². The average molecular weight is 218 g/mol. The molecule has 0 fully saturated rings. The van der Waals surface area contributed by atoms with Gasteiger partial charge in [-0.05, 0) is 6.92 Å². The molecule has 0 saturated carbocycles. The lowest BCUT2D eigenvalue weighted by Crippen LogP contribution is -2.37. The Balaban J connectivity index is 3.43. The summed E-state index contributed by atoms with van der Waals surface area (Å²) in [4.78, 5) is 21.7. The molecule has 14 heavy (non-hydrogen) atoms. The first-order chi connectivity index (χ1) is 6.57. The number of rotatable bonds is 5. The van der Waals surface area contributed by atoms with Gasteiger partial charge in [0.15, 0.2) is 0 Å². The molecule has 2 N–H and O–H groups in total. The Morgan fingerprint density at radius 1 is 1.43 bits per heavy atom. The molecule has 0 aromatic rings. The van der Waals surface area contributed by atoms with Gasteiger partial charge in [-0.2, -0.15) is 5.26 Å². The highest BCUT2D eigenvalue weighted by molar-refractivity contribution is 6.30. The van der Waals surface area contributed by atoms with Crippen LogP contribution in [0, 0.1) is 11.3 Å². The molecule has 0 aliphatic carbocycles. The number of nitrogens with zero attached hydrogens (tertiary/aromatic N) is 1. The van der Waals surface area contributed by atoms with E-state index in [1.165, 1.54) is 0 Å². The standard InChI is InChI=1S/C8H12ClN3O2/c1-6(9)8(14)12-5-4-11-7(13)2-3-10/h6H,2,4-5H2,1H3,(H,11,13)(H,12,14). The molecule has 0 aliphatic rings. The Labute approximate surface area is 87.4 Å². The highest BCUT2D eigenvalue weighted by Gasteiger charge is 2.07. The van der Waals surface area contributed by atoms with E-state index in [1.54, 1.807) is 13.0 Å². The maximum absolute atomic E-state index is 10.9. The topological polar surface area (TPSA) is 82.0 Å². The summed E-state index contributed by atoms with van der Waals surface area (Å²) < 4.78 is 0. The molecule has 5 nitrogen and oxygen atoms in total. The Kier molecular flexibility index (Phi) is 6.50. The van der Waals surface area contributed by atoms with Crippen LogP contribution >= 0.6 is 11.6 Å². The fourth-order valence-electron chi connectivity index (χ4n) is 0.663. The van der Waals surface area contributed by atoms with Crippen molar-refractivity contribution in [2.24, 2.45) is 0 Å². The molecule has 0 heterocycles. The lowest BCUT2D eigenvalue weighted by Gasteiger charge is -2.06. The van der Waals surface area contributed by atoms with E-state index >= 15 is 0 Å². The van der Waals surface area contributed by atoms with Gasteiger partial charge in [-0.15, -0.1) is 11.6 Å². The number of hydrogen-bond donors (Lipinski definition) is 2. The third-order valence-corrected chi connectivity index (χ3v) is 1.55. The highest BCUT2D eigenvalue weighted by atomic mass is 35.5. The van der Waals surface area contributed by atoms with Gasteiger partial charge >= 0.3 is 0 Å². The smallest absolute Gasteiger partial charge is 0.237 e. The van der Waals surface area contributed by atoms with Crippen LogP contribution in [-0.2, 0) is 9.59 Å². The van der Waals surface area contributed by atoms with Crippen LogP contribution in [-0.4, -0.2) is 30.3 Å². The van der Waals surface area contributed by atoms with E-state index < -0.39 is 5.38 Å². The Hall–Kier alpha value is -1.28. The number of alkyl halides is 1. The summed E-state index contributed by atoms with van der Waals surface area (Å²) in [5.74, 6) is -0.623. The summed E-state index contributed by atoms with van der Waals surface area (Å²) in [5.41, 5.74) is 0. The maximum atomic E-state index is 10.9. The van der Waals surface area contributed by atoms with Crippen molar-refractivity contribution < 1.29 is 9.59 Å². The Morgan fingerprint density at radius 3 is 2.50 bits per heavy atom. The number of amides is 2. The van der Waals surface area contributed by atoms with E-state index in [0.29, 0.717) is 13.1 Å². The number of hydrogen-bond acceptors (Lipinski definition) is 3. The van der Waals surface area contributed by atoms with Crippen LogP contribution in [0.15, 0.2) is 0 Å². The first-order valence-electron chi connectivity index (χ1n) is 4.13. The van der Waals surface area contributed by atoms with Crippen molar-refractivity contribution in [1.29, 1.82) is 5.26 Å². The minimum absolute atomic E-state index is 0.167. The van der Waals surface area contributed by atoms with Crippen molar-refractivity contribution in [3.05, 3.63) is 0 Å². The molecule has 1 unspecified atom stereocenters. The third kappa shape index (κ3) is 6.26. The summed E-state index contributed by atoms with van der Waals surface area (Å²) in [6.45, 7) is 2.17. The summed E-state index contributed by atoms with van der Waals surface area (Å²) in [7, 11) is 0. The second kappa shape index (κ2) is 7.15. The minimum Gasteiger partial charge on any atom is -0.353 e. The van der Waals surface area contributed by atoms with Crippen molar-refractivity contribution >= 4 is 23.4 Å². The highest BCUT2D eigenvalue weighted by Crippen LogP contribution is 1.90. The van der Waals surface area contributed by atoms with Gasteiger partial charge in [-0.3, -0.25) is 9.59 Å². The molecule has 0 radical (unpaired) electrons. The fourth-order valence-corrected chi connectivity index (χ4v) is 0.740. The van der Waals surface area contributed by atoms with E-state index in [9.17, 15) is 9.59 Å². The monoisotopic (exact) mass is 217 g/mol. The summed E-state index contributed by atoms with van der Waals surface area (Å²) in [5, 5.41) is 12.5. The maximum Gasteiger partial charge on any atom is 0.237 e. The van der Waals surface area contributed by atoms with Crippen LogP contribution in [0.25, 0.3) is 0 Å². The van der Waals surface area contributed by atoms with Gasteiger partial charge in [0.05, 0.1) is 6.07 Å². The predicted molar refractivity (Wildman–Crippen MR) is 51.6 cm³/mol. The number of nitriles is 1. The normalized spacial score (nSPS) is 11.2. The third-order valence-electron chi connectivity index (χ3n) is 1.35. The van der Waals surface area contributed by atoms with Crippen molar-refractivity contribution in [3.63, 3.8) is 0 Å². The zero-order valence-corrected chi connectivity index (χ0v) is 8.60. The zero-order valence-electron chi connectivity index (χ0n) is 7.84. The van der Waals surface area contributed by atoms with Crippen LogP contribution in [0.1, 0.15) is 13.3 Å². The molecule has 6 heteroatoms. The lowest BCUT2D eigenvalue weighted by molar-refractivity contribution is -0.122. The first-order valence-corrected chi connectivity index (χ1v) is 4.57. The van der Waals surface area contributed by atoms with Gasteiger partial charge in [-0.25, -0.2) is 0 Å². The van der Waals surface area contributed by atoms with Crippen LogP contribution in [0.4, 0.5) is 0 Å². The largest absolute Gasteiger partial charge is 0.353 e. The molecule has 78 valence electrons. The van der Waals surface area contributed by atoms with E-state index in [2.05, 4.69) is 10.6 Å². The molecule has 0 aromatic heterocycles. The SMILES string of the molecule is CC(Cl)C(=O)NCCNC(=O)CC#N. The molecule has 0 spiro atoms. The average Bonchev–Trinajstić information content (AvgIpc) is 2.12. The van der Waals surface area contributed by atoms with E-state index in [1.807, 2.05) is 0 Å². The lowest BCUT2D eigenvalue weighted by atomic mass is 10.4. The molecular weight excluding hydrogens is 206 g/mol. The second-order valence-corrected chi connectivity index (χ2v) is 3.25. The van der Waals surface area contributed by atoms with Gasteiger partial charge < -0.3 is 10.6 Å². The zero-order chi connectivity index (χ0) is 11.0. The van der Waals surface area contributed by atoms with E-state index in [-0.39, 0.29) is 18.2 Å². The number of carbonyl (C=O) groups excluding carboxylic acids is 2. The van der Waals surface area contributed by atoms with Crippen LogP contribution < -0.4 is 10.6 Å². The summed E-state index contributed by atoms with van der Waals surface area (Å²) in [6.07, 6.45) is -0.167. The second-order valence-electron chi connectivity index (χ2n) is 2.59. The van der Waals surface area contributed by atoms with Crippen LogP contribution in [0.2, 0.25) is 0 Å². The van der Waals surface area contributed by atoms with Crippen LogP contribution in [0.3, 0.4) is 0 Å². The van der Waals surface area contributed by atoms with E-state index in [4.69, 9.17) is 16.9 Å².